The van der Waals surface area contributed by atoms with Crippen molar-refractivity contribution >= 4 is 23.4 Å². The number of rotatable bonds is 6. The molecule has 128 valence electrons. The van der Waals surface area contributed by atoms with Gasteiger partial charge in [0.05, 0.1) is 12.9 Å². The molecule has 8 heteroatoms. The molecule has 0 aliphatic heterocycles. The zero-order chi connectivity index (χ0) is 17.6. The first-order valence-electron chi connectivity index (χ1n) is 7.50. The molecule has 2 aromatic carbocycles. The molecular weight excluding hydrogens is 338 g/mol. The number of carbonyl (C=O) groups is 1. The average molecular weight is 355 g/mol. The van der Waals surface area contributed by atoms with E-state index in [4.69, 9.17) is 10.6 Å². The summed E-state index contributed by atoms with van der Waals surface area (Å²) in [5.41, 5.74) is 1.57. The Morgan fingerprint density at radius 2 is 1.88 bits per heavy atom. The zero-order valence-electron chi connectivity index (χ0n) is 13.5. The molecule has 0 unspecified atom stereocenters. The van der Waals surface area contributed by atoms with Crippen LogP contribution in [-0.4, -0.2) is 33.6 Å². The molecule has 3 N–H and O–H groups in total. The lowest BCUT2D eigenvalue weighted by molar-refractivity contribution is -0.113. The quantitative estimate of drug-likeness (QED) is 0.521. The lowest BCUT2D eigenvalue weighted by atomic mass is 10.2. The predicted octanol–water partition coefficient (Wildman–Crippen LogP) is 2.40. The average Bonchev–Trinajstić information content (AvgIpc) is 3.01. The van der Waals surface area contributed by atoms with Crippen LogP contribution in [0.4, 0.5) is 5.69 Å². The van der Waals surface area contributed by atoms with E-state index in [2.05, 4.69) is 15.5 Å². The van der Waals surface area contributed by atoms with Gasteiger partial charge in [-0.05, 0) is 36.4 Å². The number of nitrogens with zero attached hydrogens (tertiary/aromatic N) is 3. The van der Waals surface area contributed by atoms with Crippen molar-refractivity contribution in [3.8, 4) is 17.1 Å². The van der Waals surface area contributed by atoms with Crippen LogP contribution in [0.3, 0.4) is 0 Å². The van der Waals surface area contributed by atoms with E-state index in [1.165, 1.54) is 16.4 Å². The Morgan fingerprint density at radius 3 is 2.56 bits per heavy atom. The maximum atomic E-state index is 12.0. The van der Waals surface area contributed by atoms with Gasteiger partial charge in [0, 0.05) is 11.3 Å². The molecular formula is C17H17N5O2S. The van der Waals surface area contributed by atoms with Crippen molar-refractivity contribution in [1.29, 1.82) is 0 Å². The highest BCUT2D eigenvalue weighted by Crippen LogP contribution is 2.23. The summed E-state index contributed by atoms with van der Waals surface area (Å²) < 4.78 is 6.51. The lowest BCUT2D eigenvalue weighted by Crippen LogP contribution is -2.16. The van der Waals surface area contributed by atoms with E-state index < -0.39 is 0 Å². The summed E-state index contributed by atoms with van der Waals surface area (Å²) in [7, 11) is 1.61. The number of ether oxygens (including phenoxy) is 1. The van der Waals surface area contributed by atoms with Gasteiger partial charge in [-0.15, -0.1) is 10.2 Å². The fourth-order valence-corrected chi connectivity index (χ4v) is 2.82. The summed E-state index contributed by atoms with van der Waals surface area (Å²) in [4.78, 5) is 12.0. The summed E-state index contributed by atoms with van der Waals surface area (Å²) in [5.74, 6) is 7.38. The molecule has 0 saturated carbocycles. The standard InChI is InChI=1S/C17H17N5O2S/c1-24-14-9-7-12(8-10-14)16-20-21-17(22(16)18)25-11-15(23)19-13-5-3-2-4-6-13/h2-10H,11,18H2,1H3,(H,19,23). The second kappa shape index (κ2) is 7.71. The molecule has 0 atom stereocenters. The Labute approximate surface area is 149 Å². The first kappa shape index (κ1) is 16.8. The van der Waals surface area contributed by atoms with Crippen LogP contribution in [0.5, 0.6) is 5.75 Å². The summed E-state index contributed by atoms with van der Waals surface area (Å²) >= 11 is 1.23. The van der Waals surface area contributed by atoms with Crippen molar-refractivity contribution in [3.63, 3.8) is 0 Å². The van der Waals surface area contributed by atoms with Gasteiger partial charge in [0.15, 0.2) is 5.82 Å². The third kappa shape index (κ3) is 4.10. The molecule has 0 fully saturated rings. The van der Waals surface area contributed by atoms with Gasteiger partial charge in [-0.25, -0.2) is 4.68 Å². The van der Waals surface area contributed by atoms with Crippen LogP contribution in [0.1, 0.15) is 0 Å². The number of amides is 1. The van der Waals surface area contributed by atoms with Crippen molar-refractivity contribution in [2.24, 2.45) is 0 Å². The summed E-state index contributed by atoms with van der Waals surface area (Å²) in [6, 6.07) is 16.6. The number of para-hydroxylation sites is 1. The van der Waals surface area contributed by atoms with Gasteiger partial charge < -0.3 is 15.9 Å². The van der Waals surface area contributed by atoms with Crippen molar-refractivity contribution in [1.82, 2.24) is 14.9 Å². The molecule has 1 amide bonds. The Morgan fingerprint density at radius 1 is 1.16 bits per heavy atom. The predicted molar refractivity (Wildman–Crippen MR) is 98.0 cm³/mol. The number of nitrogens with one attached hydrogen (secondary N) is 1. The second-order valence-electron chi connectivity index (χ2n) is 5.11. The number of benzene rings is 2. The molecule has 1 heterocycles. The van der Waals surface area contributed by atoms with Crippen LogP contribution in [-0.2, 0) is 4.79 Å². The summed E-state index contributed by atoms with van der Waals surface area (Å²) in [5, 5.41) is 11.4. The minimum absolute atomic E-state index is 0.134. The Kier molecular flexibility index (Phi) is 5.20. The normalized spacial score (nSPS) is 10.4. The van der Waals surface area contributed by atoms with E-state index >= 15 is 0 Å². The number of carbonyl (C=O) groups excluding carboxylic acids is 1. The highest BCUT2D eigenvalue weighted by atomic mass is 32.2. The smallest absolute Gasteiger partial charge is 0.234 e. The Balaban J connectivity index is 1.64. The molecule has 0 spiro atoms. The van der Waals surface area contributed by atoms with E-state index in [1.807, 2.05) is 54.6 Å². The highest BCUT2D eigenvalue weighted by molar-refractivity contribution is 7.99. The van der Waals surface area contributed by atoms with Gasteiger partial charge in [0.1, 0.15) is 5.75 Å². The van der Waals surface area contributed by atoms with E-state index in [9.17, 15) is 4.79 Å². The van der Waals surface area contributed by atoms with E-state index in [1.54, 1.807) is 7.11 Å². The molecule has 25 heavy (non-hydrogen) atoms. The van der Waals surface area contributed by atoms with Gasteiger partial charge in [-0.2, -0.15) is 0 Å². The van der Waals surface area contributed by atoms with Crippen molar-refractivity contribution < 1.29 is 9.53 Å². The van der Waals surface area contributed by atoms with Crippen LogP contribution in [0.15, 0.2) is 59.8 Å². The number of anilines is 1. The van der Waals surface area contributed by atoms with Gasteiger partial charge in [-0.1, -0.05) is 30.0 Å². The first-order chi connectivity index (χ1) is 12.2. The largest absolute Gasteiger partial charge is 0.497 e. The molecule has 1 aromatic heterocycles. The Bertz CT molecular complexity index is 849. The summed E-state index contributed by atoms with van der Waals surface area (Å²) in [6.07, 6.45) is 0. The van der Waals surface area contributed by atoms with Crippen molar-refractivity contribution in [2.45, 2.75) is 5.16 Å². The zero-order valence-corrected chi connectivity index (χ0v) is 14.4. The lowest BCUT2D eigenvalue weighted by Gasteiger charge is -2.06. The monoisotopic (exact) mass is 355 g/mol. The molecule has 0 aliphatic rings. The van der Waals surface area contributed by atoms with E-state index in [0.29, 0.717) is 11.0 Å². The van der Waals surface area contributed by atoms with Crippen molar-refractivity contribution in [3.05, 3.63) is 54.6 Å². The summed E-state index contributed by atoms with van der Waals surface area (Å²) in [6.45, 7) is 0. The molecule has 3 rings (SSSR count). The maximum Gasteiger partial charge on any atom is 0.234 e. The molecule has 0 saturated heterocycles. The molecule has 3 aromatic rings. The topological polar surface area (TPSA) is 95.1 Å². The van der Waals surface area contributed by atoms with Gasteiger partial charge in [-0.3, -0.25) is 4.79 Å². The Hall–Kier alpha value is -3.00. The van der Waals surface area contributed by atoms with E-state index in [0.717, 1.165) is 17.0 Å². The number of nitrogen functional groups attached to an aromatic ring is 1. The highest BCUT2D eigenvalue weighted by Gasteiger charge is 2.14. The van der Waals surface area contributed by atoms with Gasteiger partial charge in [0.25, 0.3) is 0 Å². The fraction of sp³-hybridized carbons (Fsp3) is 0.118. The fourth-order valence-electron chi connectivity index (χ4n) is 2.16. The second-order valence-corrected chi connectivity index (χ2v) is 6.05. The number of thioether (sulfide) groups is 1. The SMILES string of the molecule is COc1ccc(-c2nnc(SCC(=O)Nc3ccccc3)n2N)cc1. The third-order valence-corrected chi connectivity index (χ3v) is 4.35. The van der Waals surface area contributed by atoms with Gasteiger partial charge in [0.2, 0.25) is 11.1 Å². The minimum atomic E-state index is -0.134. The van der Waals surface area contributed by atoms with Crippen molar-refractivity contribution in [2.75, 3.05) is 24.0 Å². The molecule has 0 radical (unpaired) electrons. The van der Waals surface area contributed by atoms with Crippen LogP contribution >= 0.6 is 11.8 Å². The molecule has 7 nitrogen and oxygen atoms in total. The number of methoxy groups -OCH3 is 1. The number of aromatic nitrogens is 3. The molecule has 0 aliphatic carbocycles. The number of hydrogen-bond donors (Lipinski definition) is 2. The number of nitrogens with two attached hydrogens (primary N) is 1. The third-order valence-electron chi connectivity index (χ3n) is 3.40. The van der Waals surface area contributed by atoms with E-state index in [-0.39, 0.29) is 11.7 Å². The van der Waals surface area contributed by atoms with Crippen LogP contribution in [0.25, 0.3) is 11.4 Å². The van der Waals surface area contributed by atoms with Gasteiger partial charge >= 0.3 is 0 Å². The molecule has 0 bridgehead atoms. The minimum Gasteiger partial charge on any atom is -0.497 e. The number of hydrogen-bond acceptors (Lipinski definition) is 6. The van der Waals surface area contributed by atoms with Crippen LogP contribution in [0.2, 0.25) is 0 Å². The van der Waals surface area contributed by atoms with Crippen LogP contribution in [0, 0.1) is 0 Å². The van der Waals surface area contributed by atoms with Crippen LogP contribution < -0.4 is 15.9 Å². The first-order valence-corrected chi connectivity index (χ1v) is 8.48. The maximum absolute atomic E-state index is 12.0.